The van der Waals surface area contributed by atoms with Crippen LogP contribution in [-0.2, 0) is 6.42 Å². The molecular formula is C37H36O9. The molecule has 0 radical (unpaired) electrons. The van der Waals surface area contributed by atoms with E-state index >= 15 is 0 Å². The molecule has 0 saturated heterocycles. The number of hydrogen-bond acceptors (Lipinski definition) is 9. The van der Waals surface area contributed by atoms with Crippen LogP contribution in [0.3, 0.4) is 0 Å². The Hall–Kier alpha value is -5.18. The van der Waals surface area contributed by atoms with Crippen molar-refractivity contribution in [3.63, 3.8) is 0 Å². The molecule has 0 fully saturated rings. The Balaban J connectivity index is 0.000000187. The Morgan fingerprint density at radius 3 is 2.28 bits per heavy atom. The highest BCUT2D eigenvalue weighted by atomic mass is 16.5. The third-order valence-corrected chi connectivity index (χ3v) is 8.57. The minimum absolute atomic E-state index is 0.0452. The van der Waals surface area contributed by atoms with E-state index in [1.165, 1.54) is 13.2 Å². The monoisotopic (exact) mass is 624 g/mol. The largest absolute Gasteiger partial charge is 0.507 e. The van der Waals surface area contributed by atoms with Crippen LogP contribution < -0.4 is 28.4 Å². The molecular weight excluding hydrogens is 588 g/mol. The van der Waals surface area contributed by atoms with Gasteiger partial charge in [-0.15, -0.1) is 0 Å². The molecule has 0 aromatic heterocycles. The zero-order chi connectivity index (χ0) is 32.5. The van der Waals surface area contributed by atoms with Crippen molar-refractivity contribution in [2.45, 2.75) is 38.4 Å². The molecule has 3 aliphatic rings. The Bertz CT molecular complexity index is 1780. The molecule has 46 heavy (non-hydrogen) atoms. The van der Waals surface area contributed by atoms with E-state index in [4.69, 9.17) is 28.4 Å². The van der Waals surface area contributed by atoms with Crippen LogP contribution in [0.15, 0.2) is 72.8 Å². The number of phenolic OH excluding ortho intramolecular Hbond substituents is 1. The number of Topliss-reactive ketones (excluding diaryl/α,β-unsaturated/α-hetero) is 1. The van der Waals surface area contributed by atoms with Gasteiger partial charge in [0.05, 0.1) is 38.4 Å². The van der Waals surface area contributed by atoms with Crippen molar-refractivity contribution >= 4 is 11.6 Å². The molecule has 1 N–H and O–H groups in total. The van der Waals surface area contributed by atoms with Gasteiger partial charge < -0.3 is 33.5 Å². The fourth-order valence-corrected chi connectivity index (χ4v) is 6.04. The van der Waals surface area contributed by atoms with Crippen molar-refractivity contribution < 1.29 is 43.1 Å². The lowest BCUT2D eigenvalue weighted by Gasteiger charge is -2.37. The number of ether oxygens (including phenoxy) is 6. The summed E-state index contributed by atoms with van der Waals surface area (Å²) < 4.78 is 34.1. The van der Waals surface area contributed by atoms with Crippen LogP contribution in [0.1, 0.15) is 57.2 Å². The van der Waals surface area contributed by atoms with Gasteiger partial charge in [0.1, 0.15) is 47.6 Å². The number of ketones is 2. The first kappa shape index (κ1) is 30.8. The van der Waals surface area contributed by atoms with Crippen LogP contribution in [0, 0.1) is 5.92 Å². The summed E-state index contributed by atoms with van der Waals surface area (Å²) in [5, 5.41) is 9.75. The predicted octanol–water partition coefficient (Wildman–Crippen LogP) is 6.42. The second-order valence-corrected chi connectivity index (χ2v) is 11.7. The van der Waals surface area contributed by atoms with Gasteiger partial charge in [-0.3, -0.25) is 9.59 Å². The van der Waals surface area contributed by atoms with Crippen LogP contribution in [-0.4, -0.2) is 56.8 Å². The Morgan fingerprint density at radius 2 is 1.61 bits per heavy atom. The number of carbonyl (C=O) groups is 2. The number of phenols is 1. The normalized spacial score (nSPS) is 18.7. The van der Waals surface area contributed by atoms with E-state index in [9.17, 15) is 14.7 Å². The minimum atomic E-state index is -0.438. The maximum Gasteiger partial charge on any atom is 0.196 e. The zero-order valence-electron chi connectivity index (χ0n) is 26.4. The molecule has 0 aliphatic carbocycles. The molecule has 9 heteroatoms. The summed E-state index contributed by atoms with van der Waals surface area (Å²) in [6.07, 6.45) is 0.474. The van der Waals surface area contributed by atoms with E-state index in [1.807, 2.05) is 24.3 Å². The fraction of sp³-hybridized carbons (Fsp3) is 0.297. The maximum atomic E-state index is 13.5. The quantitative estimate of drug-likeness (QED) is 0.243. The second kappa shape index (κ2) is 12.7. The van der Waals surface area contributed by atoms with Crippen molar-refractivity contribution in [3.05, 3.63) is 101 Å². The van der Waals surface area contributed by atoms with Gasteiger partial charge in [-0.2, -0.15) is 0 Å². The van der Waals surface area contributed by atoms with Gasteiger partial charge in [-0.25, -0.2) is 0 Å². The highest BCUT2D eigenvalue weighted by Gasteiger charge is 2.45. The number of hydrogen-bond donors (Lipinski definition) is 1. The lowest BCUT2D eigenvalue weighted by molar-refractivity contribution is 0.0554. The van der Waals surface area contributed by atoms with Crippen molar-refractivity contribution in [3.8, 4) is 40.2 Å². The SMILES string of the molecule is COc1cc2c(cc1OC)C1C(=O)c3ccc4c(c3OC1CO2)CC(C(C)C)O4.COc1ccc(C(=O)c2ccccc2)c(O)c1. The molecule has 7 rings (SSSR count). The molecule has 0 saturated carbocycles. The molecule has 3 unspecified atom stereocenters. The lowest BCUT2D eigenvalue weighted by atomic mass is 9.81. The van der Waals surface area contributed by atoms with Crippen molar-refractivity contribution in [1.82, 2.24) is 0 Å². The maximum absolute atomic E-state index is 13.5. The highest BCUT2D eigenvalue weighted by Crippen LogP contribution is 2.50. The van der Waals surface area contributed by atoms with Gasteiger partial charge in [0, 0.05) is 35.2 Å². The number of benzene rings is 4. The molecule has 0 bridgehead atoms. The first-order valence-electron chi connectivity index (χ1n) is 15.1. The molecule has 9 nitrogen and oxygen atoms in total. The number of methoxy groups -OCH3 is 3. The average Bonchev–Trinajstić information content (AvgIpc) is 3.53. The lowest BCUT2D eigenvalue weighted by Crippen LogP contribution is -2.43. The highest BCUT2D eigenvalue weighted by molar-refractivity contribution is 6.10. The molecule has 4 aromatic rings. The van der Waals surface area contributed by atoms with E-state index < -0.39 is 5.92 Å². The van der Waals surface area contributed by atoms with Gasteiger partial charge in [-0.05, 0) is 36.2 Å². The number of rotatable bonds is 6. The van der Waals surface area contributed by atoms with E-state index in [2.05, 4.69) is 13.8 Å². The summed E-state index contributed by atoms with van der Waals surface area (Å²) >= 11 is 0. The summed E-state index contributed by atoms with van der Waals surface area (Å²) in [6, 6.07) is 20.8. The van der Waals surface area contributed by atoms with Crippen molar-refractivity contribution in [1.29, 1.82) is 0 Å². The summed E-state index contributed by atoms with van der Waals surface area (Å²) in [5.74, 6) is 3.49. The molecule has 4 aromatic carbocycles. The fourth-order valence-electron chi connectivity index (χ4n) is 6.04. The van der Waals surface area contributed by atoms with Gasteiger partial charge in [0.2, 0.25) is 0 Å². The summed E-state index contributed by atoms with van der Waals surface area (Å²) in [6.45, 7) is 4.58. The van der Waals surface area contributed by atoms with Crippen LogP contribution >= 0.6 is 0 Å². The van der Waals surface area contributed by atoms with E-state index in [0.717, 1.165) is 23.3 Å². The smallest absolute Gasteiger partial charge is 0.196 e. The third-order valence-electron chi connectivity index (χ3n) is 8.57. The van der Waals surface area contributed by atoms with E-state index in [-0.39, 0.29) is 35.1 Å². The van der Waals surface area contributed by atoms with Gasteiger partial charge in [0.15, 0.2) is 23.1 Å². The van der Waals surface area contributed by atoms with Crippen LogP contribution in [0.4, 0.5) is 0 Å². The standard InChI is InChI=1S/C23H24O6.C14H12O3/c1-11(2)16-8-14-15(28-16)6-5-12-22(24)21-13-7-18(25-3)19(26-4)9-17(13)27-10-20(21)29-23(12)14;1-17-11-7-8-12(13(15)9-11)14(16)10-5-3-2-4-6-10/h5-7,9,11,16,20-21H,8,10H2,1-4H3;2-9,15H,1H3. The van der Waals surface area contributed by atoms with E-state index in [1.54, 1.807) is 56.7 Å². The zero-order valence-corrected chi connectivity index (χ0v) is 26.4. The summed E-state index contributed by atoms with van der Waals surface area (Å²) in [5.41, 5.74) is 3.20. The molecule has 0 amide bonds. The first-order valence-corrected chi connectivity index (χ1v) is 15.1. The molecule has 238 valence electrons. The molecule has 3 atom stereocenters. The topological polar surface area (TPSA) is 110 Å². The van der Waals surface area contributed by atoms with Crippen molar-refractivity contribution in [2.75, 3.05) is 27.9 Å². The first-order chi connectivity index (χ1) is 22.2. The molecule has 3 heterocycles. The Labute approximate surface area is 267 Å². The van der Waals surface area contributed by atoms with Crippen molar-refractivity contribution in [2.24, 2.45) is 5.92 Å². The Kier molecular flexibility index (Phi) is 8.49. The summed E-state index contributed by atoms with van der Waals surface area (Å²) in [4.78, 5) is 25.6. The van der Waals surface area contributed by atoms with E-state index in [0.29, 0.717) is 52.4 Å². The van der Waals surface area contributed by atoms with Crippen LogP contribution in [0.25, 0.3) is 0 Å². The second-order valence-electron chi connectivity index (χ2n) is 11.7. The number of aromatic hydroxyl groups is 1. The molecule has 0 spiro atoms. The Morgan fingerprint density at radius 1 is 0.870 bits per heavy atom. The third kappa shape index (κ3) is 5.57. The van der Waals surface area contributed by atoms with Gasteiger partial charge in [0.25, 0.3) is 0 Å². The molecule has 3 aliphatic heterocycles. The predicted molar refractivity (Wildman–Crippen MR) is 170 cm³/mol. The van der Waals surface area contributed by atoms with Crippen LogP contribution in [0.2, 0.25) is 0 Å². The average molecular weight is 625 g/mol. The van der Waals surface area contributed by atoms with Gasteiger partial charge >= 0.3 is 0 Å². The summed E-state index contributed by atoms with van der Waals surface area (Å²) in [7, 11) is 4.66. The van der Waals surface area contributed by atoms with Gasteiger partial charge in [-0.1, -0.05) is 44.2 Å². The number of carbonyl (C=O) groups excluding carboxylic acids is 2. The van der Waals surface area contributed by atoms with Crippen LogP contribution in [0.5, 0.6) is 40.2 Å². The number of fused-ring (bicyclic) bond motifs is 6. The minimum Gasteiger partial charge on any atom is -0.507 e.